The van der Waals surface area contributed by atoms with Crippen LogP contribution in [0.1, 0.15) is 31.4 Å². The summed E-state index contributed by atoms with van der Waals surface area (Å²) >= 11 is 0. The second-order valence-corrected chi connectivity index (χ2v) is 5.54. The maximum absolute atomic E-state index is 11.9. The molecule has 0 heterocycles. The van der Waals surface area contributed by atoms with Gasteiger partial charge in [0.2, 0.25) is 5.91 Å². The van der Waals surface area contributed by atoms with E-state index in [1.54, 1.807) is 0 Å². The monoisotopic (exact) mass is 313 g/mol. The van der Waals surface area contributed by atoms with Crippen molar-refractivity contribution in [2.45, 2.75) is 31.9 Å². The second kappa shape index (κ2) is 8.96. The van der Waals surface area contributed by atoms with Crippen molar-refractivity contribution < 1.29 is 14.6 Å². The molecule has 0 spiro atoms. The lowest BCUT2D eigenvalue weighted by molar-refractivity contribution is -0.122. The lowest BCUT2D eigenvalue weighted by atomic mass is 10.0. The summed E-state index contributed by atoms with van der Waals surface area (Å²) in [4.78, 5) is 11.9. The number of nitrogens with one attached hydrogen (secondary N) is 1. The number of amides is 1. The van der Waals surface area contributed by atoms with Crippen molar-refractivity contribution in [3.05, 3.63) is 66.2 Å². The molecular formula is C19H23NO3. The van der Waals surface area contributed by atoms with Crippen LogP contribution in [0.3, 0.4) is 0 Å². The van der Waals surface area contributed by atoms with Crippen LogP contribution >= 0.6 is 0 Å². The average Bonchev–Trinajstić information content (AvgIpc) is 2.56. The van der Waals surface area contributed by atoms with Crippen LogP contribution in [0.25, 0.3) is 0 Å². The van der Waals surface area contributed by atoms with E-state index in [0.717, 1.165) is 11.3 Å². The van der Waals surface area contributed by atoms with E-state index in [2.05, 4.69) is 5.32 Å². The van der Waals surface area contributed by atoms with E-state index in [1.807, 2.05) is 67.6 Å². The summed E-state index contributed by atoms with van der Waals surface area (Å²) in [5.41, 5.74) is 0.862. The highest BCUT2D eigenvalue weighted by Crippen LogP contribution is 2.17. The van der Waals surface area contributed by atoms with E-state index in [0.29, 0.717) is 19.4 Å². The third-order valence-electron chi connectivity index (χ3n) is 3.51. The summed E-state index contributed by atoms with van der Waals surface area (Å²) in [5.74, 6) is 0.682. The van der Waals surface area contributed by atoms with Gasteiger partial charge >= 0.3 is 0 Å². The Balaban J connectivity index is 1.68. The van der Waals surface area contributed by atoms with Crippen LogP contribution in [0.4, 0.5) is 0 Å². The first-order valence-corrected chi connectivity index (χ1v) is 7.85. The molecule has 0 saturated heterocycles. The number of para-hydroxylation sites is 1. The van der Waals surface area contributed by atoms with Gasteiger partial charge in [0, 0.05) is 6.04 Å². The number of hydrogen-bond donors (Lipinski definition) is 2. The van der Waals surface area contributed by atoms with Crippen LogP contribution < -0.4 is 10.1 Å². The van der Waals surface area contributed by atoms with Gasteiger partial charge in [-0.1, -0.05) is 48.5 Å². The van der Waals surface area contributed by atoms with Gasteiger partial charge in [-0.05, 0) is 31.0 Å². The Morgan fingerprint density at radius 1 is 1.09 bits per heavy atom. The Morgan fingerprint density at radius 2 is 1.70 bits per heavy atom. The zero-order chi connectivity index (χ0) is 16.5. The first-order valence-electron chi connectivity index (χ1n) is 7.85. The molecule has 2 N–H and O–H groups in total. The molecule has 2 aromatic carbocycles. The number of aliphatic hydroxyl groups is 1. The molecule has 0 aliphatic rings. The van der Waals surface area contributed by atoms with Gasteiger partial charge in [-0.3, -0.25) is 4.79 Å². The van der Waals surface area contributed by atoms with Gasteiger partial charge in [-0.25, -0.2) is 0 Å². The number of hydrogen-bond acceptors (Lipinski definition) is 3. The van der Waals surface area contributed by atoms with E-state index in [1.165, 1.54) is 0 Å². The van der Waals surface area contributed by atoms with Gasteiger partial charge in [-0.15, -0.1) is 0 Å². The van der Waals surface area contributed by atoms with Crippen molar-refractivity contribution in [2.24, 2.45) is 0 Å². The minimum atomic E-state index is -0.577. The molecule has 122 valence electrons. The van der Waals surface area contributed by atoms with Crippen LogP contribution in [-0.4, -0.2) is 23.7 Å². The second-order valence-electron chi connectivity index (χ2n) is 5.54. The average molecular weight is 313 g/mol. The lowest BCUT2D eigenvalue weighted by Crippen LogP contribution is -2.34. The molecule has 0 aromatic heterocycles. The van der Waals surface area contributed by atoms with E-state index in [4.69, 9.17) is 4.74 Å². The molecule has 23 heavy (non-hydrogen) atoms. The first-order chi connectivity index (χ1) is 11.1. The third-order valence-corrected chi connectivity index (χ3v) is 3.51. The lowest BCUT2D eigenvalue weighted by Gasteiger charge is -2.18. The summed E-state index contributed by atoms with van der Waals surface area (Å²) < 4.78 is 5.50. The van der Waals surface area contributed by atoms with Gasteiger partial charge in [-0.2, -0.15) is 0 Å². The quantitative estimate of drug-likeness (QED) is 0.787. The normalized spacial score (nSPS) is 13.1. The van der Waals surface area contributed by atoms with E-state index in [9.17, 15) is 9.90 Å². The molecule has 4 heteroatoms. The van der Waals surface area contributed by atoms with E-state index in [-0.39, 0.29) is 11.9 Å². The van der Waals surface area contributed by atoms with Crippen LogP contribution in [0, 0.1) is 0 Å². The standard InChI is InChI=1S/C19H23NO3/c1-15(14-18(21)16-8-4-2-5-9-16)20-19(22)12-13-23-17-10-6-3-7-11-17/h2-11,15,18,21H,12-14H2,1H3,(H,20,22). The molecule has 4 nitrogen and oxygen atoms in total. The summed E-state index contributed by atoms with van der Waals surface area (Å²) in [6, 6.07) is 18.8. The molecule has 0 saturated carbocycles. The molecule has 2 rings (SSSR count). The summed E-state index contributed by atoms with van der Waals surface area (Å²) in [6.45, 7) is 2.23. The number of carbonyl (C=O) groups is 1. The van der Waals surface area contributed by atoms with E-state index < -0.39 is 6.10 Å². The molecule has 2 atom stereocenters. The highest BCUT2D eigenvalue weighted by atomic mass is 16.5. The van der Waals surface area contributed by atoms with Crippen LogP contribution in [0.2, 0.25) is 0 Å². The van der Waals surface area contributed by atoms with Crippen LogP contribution in [0.15, 0.2) is 60.7 Å². The fraction of sp³-hybridized carbons (Fsp3) is 0.316. The van der Waals surface area contributed by atoms with Crippen molar-refractivity contribution in [2.75, 3.05) is 6.61 Å². The highest BCUT2D eigenvalue weighted by molar-refractivity contribution is 5.76. The molecular weight excluding hydrogens is 290 g/mol. The summed E-state index contributed by atoms with van der Waals surface area (Å²) in [7, 11) is 0. The first kappa shape index (κ1) is 17.0. The minimum absolute atomic E-state index is 0.0753. The zero-order valence-electron chi connectivity index (χ0n) is 13.3. The smallest absolute Gasteiger partial charge is 0.223 e. The Bertz CT molecular complexity index is 586. The fourth-order valence-electron chi connectivity index (χ4n) is 2.33. The van der Waals surface area contributed by atoms with Gasteiger partial charge in [0.05, 0.1) is 19.1 Å². The molecule has 0 bridgehead atoms. The van der Waals surface area contributed by atoms with Crippen LogP contribution in [-0.2, 0) is 4.79 Å². The number of ether oxygens (including phenoxy) is 1. The molecule has 1 amide bonds. The van der Waals surface area contributed by atoms with Gasteiger partial charge < -0.3 is 15.2 Å². The van der Waals surface area contributed by atoms with Gasteiger partial charge in [0.1, 0.15) is 5.75 Å². The number of rotatable bonds is 8. The predicted octanol–water partition coefficient (Wildman–Crippen LogP) is 3.08. The number of benzene rings is 2. The van der Waals surface area contributed by atoms with Gasteiger partial charge in [0.15, 0.2) is 0 Å². The van der Waals surface area contributed by atoms with Crippen molar-refractivity contribution in [3.8, 4) is 5.75 Å². The molecule has 0 radical (unpaired) electrons. The Hall–Kier alpha value is -2.33. The fourth-order valence-corrected chi connectivity index (χ4v) is 2.33. The molecule has 2 aromatic rings. The topological polar surface area (TPSA) is 58.6 Å². The maximum atomic E-state index is 11.9. The number of aliphatic hydroxyl groups excluding tert-OH is 1. The van der Waals surface area contributed by atoms with E-state index >= 15 is 0 Å². The third kappa shape index (κ3) is 6.12. The van der Waals surface area contributed by atoms with Crippen LogP contribution in [0.5, 0.6) is 5.75 Å². The largest absolute Gasteiger partial charge is 0.493 e. The van der Waals surface area contributed by atoms with Gasteiger partial charge in [0.25, 0.3) is 0 Å². The molecule has 0 aliphatic carbocycles. The highest BCUT2D eigenvalue weighted by Gasteiger charge is 2.14. The SMILES string of the molecule is CC(CC(O)c1ccccc1)NC(=O)CCOc1ccccc1. The minimum Gasteiger partial charge on any atom is -0.493 e. The Labute approximate surface area is 137 Å². The van der Waals surface area contributed by atoms with Crippen molar-refractivity contribution in [1.82, 2.24) is 5.32 Å². The zero-order valence-corrected chi connectivity index (χ0v) is 13.3. The Morgan fingerprint density at radius 3 is 2.35 bits per heavy atom. The molecule has 2 unspecified atom stereocenters. The predicted molar refractivity (Wildman–Crippen MR) is 90.2 cm³/mol. The Kier molecular flexibility index (Phi) is 6.63. The molecule has 0 aliphatic heterocycles. The van der Waals surface area contributed by atoms with Crippen molar-refractivity contribution in [3.63, 3.8) is 0 Å². The maximum Gasteiger partial charge on any atom is 0.223 e. The van der Waals surface area contributed by atoms with Crippen molar-refractivity contribution in [1.29, 1.82) is 0 Å². The van der Waals surface area contributed by atoms with Crippen molar-refractivity contribution >= 4 is 5.91 Å². The number of carbonyl (C=O) groups excluding carboxylic acids is 1. The summed E-state index contributed by atoms with van der Waals surface area (Å²) in [6.07, 6.45) is 0.197. The summed E-state index contributed by atoms with van der Waals surface area (Å²) in [5, 5.41) is 13.0. The molecule has 0 fully saturated rings.